The maximum Gasteiger partial charge on any atom is 0.222 e. The Bertz CT molecular complexity index is 433. The second kappa shape index (κ2) is 7.09. The Balaban J connectivity index is 2.42. The van der Waals surface area contributed by atoms with Crippen LogP contribution in [0.4, 0.5) is 4.39 Å². The Morgan fingerprint density at radius 3 is 2.68 bits per heavy atom. The van der Waals surface area contributed by atoms with Crippen molar-refractivity contribution in [1.29, 1.82) is 0 Å². The molecule has 1 rings (SSSR count). The zero-order chi connectivity index (χ0) is 14.4. The van der Waals surface area contributed by atoms with E-state index in [1.807, 2.05) is 0 Å². The maximum atomic E-state index is 13.5. The van der Waals surface area contributed by atoms with Gasteiger partial charge in [0.15, 0.2) is 0 Å². The molecule has 0 heterocycles. The van der Waals surface area contributed by atoms with Crippen LogP contribution in [0.3, 0.4) is 0 Å². The van der Waals surface area contributed by atoms with Crippen LogP contribution in [0.2, 0.25) is 0 Å². The Hall–Kier alpha value is -1.62. The minimum atomic E-state index is -0.841. The van der Waals surface area contributed by atoms with E-state index in [1.165, 1.54) is 24.0 Å². The number of carbonyl (C=O) groups is 1. The molecule has 4 nitrogen and oxygen atoms in total. The Labute approximate surface area is 112 Å². The van der Waals surface area contributed by atoms with Crippen molar-refractivity contribution in [2.75, 3.05) is 20.7 Å². The monoisotopic (exact) mass is 269 g/mol. The molecule has 5 heteroatoms. The highest BCUT2D eigenvalue weighted by Crippen LogP contribution is 2.21. The summed E-state index contributed by atoms with van der Waals surface area (Å²) in [6.07, 6.45) is 0.143. The zero-order valence-electron chi connectivity index (χ0n) is 11.5. The zero-order valence-corrected chi connectivity index (χ0v) is 11.5. The second-order valence-electron chi connectivity index (χ2n) is 4.60. The molecule has 19 heavy (non-hydrogen) atoms. The van der Waals surface area contributed by atoms with Gasteiger partial charge in [0.1, 0.15) is 11.6 Å². The van der Waals surface area contributed by atoms with Gasteiger partial charge in [0, 0.05) is 32.1 Å². The summed E-state index contributed by atoms with van der Waals surface area (Å²) < 4.78 is 18.9. The standard InChI is InChI=1S/C14H20FNO3/c1-10(17)12-7-6-11(9-13(12)15)19-8-4-5-14(18)16(2)3/h6-7,9-10,17H,4-5,8H2,1-3H3/t10-/m1/s1. The SMILES string of the molecule is C[C@@H](O)c1ccc(OCCCC(=O)N(C)C)cc1F. The van der Waals surface area contributed by atoms with Gasteiger partial charge in [-0.2, -0.15) is 0 Å². The van der Waals surface area contributed by atoms with Crippen molar-refractivity contribution in [3.8, 4) is 5.75 Å². The predicted octanol–water partition coefficient (Wildman–Crippen LogP) is 2.13. The van der Waals surface area contributed by atoms with Crippen LogP contribution in [0.25, 0.3) is 0 Å². The molecule has 0 fully saturated rings. The number of aliphatic hydroxyl groups is 1. The summed E-state index contributed by atoms with van der Waals surface area (Å²) in [6, 6.07) is 4.36. The Morgan fingerprint density at radius 2 is 2.16 bits per heavy atom. The first-order chi connectivity index (χ1) is 8.91. The summed E-state index contributed by atoms with van der Waals surface area (Å²) >= 11 is 0. The van der Waals surface area contributed by atoms with E-state index in [4.69, 9.17) is 4.74 Å². The average Bonchev–Trinajstić information content (AvgIpc) is 2.33. The molecular weight excluding hydrogens is 249 g/mol. The van der Waals surface area contributed by atoms with Crippen molar-refractivity contribution in [3.05, 3.63) is 29.6 Å². The number of rotatable bonds is 6. The third-order valence-electron chi connectivity index (χ3n) is 2.72. The van der Waals surface area contributed by atoms with Gasteiger partial charge in [-0.05, 0) is 25.5 Å². The quantitative estimate of drug-likeness (QED) is 0.805. The van der Waals surface area contributed by atoms with Gasteiger partial charge in [-0.3, -0.25) is 4.79 Å². The highest BCUT2D eigenvalue weighted by molar-refractivity contribution is 5.75. The molecule has 1 atom stereocenters. The molecule has 0 saturated heterocycles. The summed E-state index contributed by atoms with van der Waals surface area (Å²) in [5, 5.41) is 9.30. The molecular formula is C14H20FNO3. The number of aliphatic hydroxyl groups excluding tert-OH is 1. The predicted molar refractivity (Wildman–Crippen MR) is 70.5 cm³/mol. The van der Waals surface area contributed by atoms with Gasteiger partial charge in [-0.15, -0.1) is 0 Å². The smallest absolute Gasteiger partial charge is 0.222 e. The minimum Gasteiger partial charge on any atom is -0.493 e. The summed E-state index contributed by atoms with van der Waals surface area (Å²) in [4.78, 5) is 12.8. The molecule has 1 aromatic carbocycles. The first-order valence-electron chi connectivity index (χ1n) is 6.22. The number of hydrogen-bond acceptors (Lipinski definition) is 3. The number of benzene rings is 1. The second-order valence-corrected chi connectivity index (χ2v) is 4.60. The van der Waals surface area contributed by atoms with Crippen LogP contribution in [-0.2, 0) is 4.79 Å². The molecule has 0 radical (unpaired) electrons. The van der Waals surface area contributed by atoms with E-state index < -0.39 is 11.9 Å². The number of nitrogens with zero attached hydrogens (tertiary/aromatic N) is 1. The van der Waals surface area contributed by atoms with Gasteiger partial charge in [0.05, 0.1) is 12.7 Å². The summed E-state index contributed by atoms with van der Waals surface area (Å²) in [5.74, 6) is -0.0460. The van der Waals surface area contributed by atoms with Gasteiger partial charge < -0.3 is 14.7 Å². The molecule has 0 spiro atoms. The highest BCUT2D eigenvalue weighted by Gasteiger charge is 2.09. The van der Waals surface area contributed by atoms with E-state index in [-0.39, 0.29) is 11.5 Å². The lowest BCUT2D eigenvalue weighted by molar-refractivity contribution is -0.128. The lowest BCUT2D eigenvalue weighted by Crippen LogP contribution is -2.21. The van der Waals surface area contributed by atoms with Gasteiger partial charge in [-0.1, -0.05) is 0 Å². The molecule has 0 aliphatic carbocycles. The average molecular weight is 269 g/mol. The molecule has 0 aliphatic heterocycles. The van der Waals surface area contributed by atoms with Gasteiger partial charge in [0.25, 0.3) is 0 Å². The molecule has 0 unspecified atom stereocenters. The summed E-state index contributed by atoms with van der Waals surface area (Å²) in [5.41, 5.74) is 0.245. The maximum absolute atomic E-state index is 13.5. The highest BCUT2D eigenvalue weighted by atomic mass is 19.1. The number of hydrogen-bond donors (Lipinski definition) is 1. The van der Waals surface area contributed by atoms with E-state index in [0.29, 0.717) is 25.2 Å². The lowest BCUT2D eigenvalue weighted by atomic mass is 10.1. The molecule has 1 aromatic rings. The fourth-order valence-electron chi connectivity index (χ4n) is 1.57. The van der Waals surface area contributed by atoms with Crippen LogP contribution in [0.1, 0.15) is 31.4 Å². The largest absolute Gasteiger partial charge is 0.493 e. The first-order valence-corrected chi connectivity index (χ1v) is 6.22. The Kier molecular flexibility index (Phi) is 5.76. The number of amides is 1. The molecule has 0 bridgehead atoms. The lowest BCUT2D eigenvalue weighted by Gasteiger charge is -2.11. The first kappa shape index (κ1) is 15.4. The van der Waals surface area contributed by atoms with Crippen LogP contribution in [0.5, 0.6) is 5.75 Å². The van der Waals surface area contributed by atoms with Crippen LogP contribution in [-0.4, -0.2) is 36.6 Å². The van der Waals surface area contributed by atoms with Crippen LogP contribution in [0, 0.1) is 5.82 Å². The third kappa shape index (κ3) is 4.87. The fraction of sp³-hybridized carbons (Fsp3) is 0.500. The van der Waals surface area contributed by atoms with Crippen LogP contribution >= 0.6 is 0 Å². The normalized spacial score (nSPS) is 12.1. The van der Waals surface area contributed by atoms with E-state index in [2.05, 4.69) is 0 Å². The van der Waals surface area contributed by atoms with Crippen molar-refractivity contribution in [3.63, 3.8) is 0 Å². The van der Waals surface area contributed by atoms with Gasteiger partial charge in [-0.25, -0.2) is 4.39 Å². The topological polar surface area (TPSA) is 49.8 Å². The van der Waals surface area contributed by atoms with Crippen molar-refractivity contribution in [2.24, 2.45) is 0 Å². The molecule has 1 amide bonds. The summed E-state index contributed by atoms with van der Waals surface area (Å²) in [7, 11) is 3.40. The van der Waals surface area contributed by atoms with E-state index >= 15 is 0 Å². The summed E-state index contributed by atoms with van der Waals surface area (Å²) in [6.45, 7) is 1.86. The van der Waals surface area contributed by atoms with Crippen molar-refractivity contribution >= 4 is 5.91 Å². The molecule has 0 aromatic heterocycles. The van der Waals surface area contributed by atoms with Crippen molar-refractivity contribution < 1.29 is 19.0 Å². The van der Waals surface area contributed by atoms with E-state index in [9.17, 15) is 14.3 Å². The van der Waals surface area contributed by atoms with Gasteiger partial charge >= 0.3 is 0 Å². The Morgan fingerprint density at radius 1 is 1.47 bits per heavy atom. The van der Waals surface area contributed by atoms with Crippen molar-refractivity contribution in [2.45, 2.75) is 25.9 Å². The van der Waals surface area contributed by atoms with Crippen LogP contribution in [0.15, 0.2) is 18.2 Å². The number of halogens is 1. The van der Waals surface area contributed by atoms with Crippen molar-refractivity contribution in [1.82, 2.24) is 4.90 Å². The van der Waals surface area contributed by atoms with E-state index in [1.54, 1.807) is 20.2 Å². The van der Waals surface area contributed by atoms with E-state index in [0.717, 1.165) is 0 Å². The molecule has 1 N–H and O–H groups in total. The molecule has 0 saturated carbocycles. The number of carbonyl (C=O) groups excluding carboxylic acids is 1. The van der Waals surface area contributed by atoms with Gasteiger partial charge in [0.2, 0.25) is 5.91 Å². The molecule has 106 valence electrons. The minimum absolute atomic E-state index is 0.0410. The molecule has 0 aliphatic rings. The third-order valence-corrected chi connectivity index (χ3v) is 2.72. The fourth-order valence-corrected chi connectivity index (χ4v) is 1.57. The number of ether oxygens (including phenoxy) is 1. The van der Waals surface area contributed by atoms with Crippen LogP contribution < -0.4 is 4.74 Å².